The van der Waals surface area contributed by atoms with E-state index in [9.17, 15) is 0 Å². The van der Waals surface area contributed by atoms with Crippen LogP contribution in [0, 0.1) is 0 Å². The molecule has 2 rings (SSSR count). The fourth-order valence-corrected chi connectivity index (χ4v) is 1.31. The summed E-state index contributed by atoms with van der Waals surface area (Å²) in [5.41, 5.74) is 3.43. The van der Waals surface area contributed by atoms with Crippen LogP contribution in [0.5, 0.6) is 0 Å². The van der Waals surface area contributed by atoms with Gasteiger partial charge in [-0.05, 0) is 18.1 Å². The van der Waals surface area contributed by atoms with Crippen LogP contribution < -0.4 is 10.8 Å². The van der Waals surface area contributed by atoms with Crippen LogP contribution in [-0.2, 0) is 6.42 Å². The van der Waals surface area contributed by atoms with Gasteiger partial charge in [0.25, 0.3) is 0 Å². The minimum atomic E-state index is 0.841. The molecule has 1 aliphatic heterocycles. The van der Waals surface area contributed by atoms with E-state index in [-0.39, 0.29) is 0 Å². The van der Waals surface area contributed by atoms with E-state index in [2.05, 4.69) is 11.4 Å². The molecule has 0 aliphatic carbocycles. The predicted octanol–water partition coefficient (Wildman–Crippen LogP) is 0.448. The molecule has 0 atom stereocenters. The van der Waals surface area contributed by atoms with Crippen LogP contribution in [0.1, 0.15) is 5.56 Å². The van der Waals surface area contributed by atoms with Crippen LogP contribution in [-0.4, -0.2) is 14.4 Å². The van der Waals surface area contributed by atoms with Gasteiger partial charge in [0.1, 0.15) is 7.85 Å². The van der Waals surface area contributed by atoms with Crippen LogP contribution in [0.4, 0.5) is 5.69 Å². The monoisotopic (exact) mass is 129 g/mol. The van der Waals surface area contributed by atoms with E-state index >= 15 is 0 Å². The van der Waals surface area contributed by atoms with Crippen molar-refractivity contribution in [1.82, 2.24) is 0 Å². The summed E-state index contributed by atoms with van der Waals surface area (Å²) in [6.07, 6.45) is 1.13. The quantitative estimate of drug-likeness (QED) is 0.501. The average Bonchev–Trinajstić information content (AvgIpc) is 2.33. The van der Waals surface area contributed by atoms with Gasteiger partial charge in [-0.1, -0.05) is 17.6 Å². The molecule has 10 heavy (non-hydrogen) atoms. The molecule has 1 heterocycles. The summed E-state index contributed by atoms with van der Waals surface area (Å²) >= 11 is 0. The van der Waals surface area contributed by atoms with Crippen molar-refractivity contribution in [3.63, 3.8) is 0 Å². The van der Waals surface area contributed by atoms with E-state index < -0.39 is 0 Å². The summed E-state index contributed by atoms with van der Waals surface area (Å²) in [6, 6.07) is 6.03. The van der Waals surface area contributed by atoms with Crippen molar-refractivity contribution in [2.45, 2.75) is 6.42 Å². The van der Waals surface area contributed by atoms with Crippen molar-refractivity contribution in [3.8, 4) is 0 Å². The first-order valence-electron chi connectivity index (χ1n) is 3.48. The second kappa shape index (κ2) is 2.05. The normalized spacial score (nSPS) is 14.4. The molecule has 0 saturated carbocycles. The molecule has 2 radical (unpaired) electrons. The zero-order valence-electron chi connectivity index (χ0n) is 5.72. The topological polar surface area (TPSA) is 12.0 Å². The maximum atomic E-state index is 5.59. The third kappa shape index (κ3) is 0.802. The summed E-state index contributed by atoms with van der Waals surface area (Å²) < 4.78 is 0. The van der Waals surface area contributed by atoms with E-state index in [1.165, 1.54) is 11.3 Å². The van der Waals surface area contributed by atoms with Crippen molar-refractivity contribution in [3.05, 3.63) is 23.8 Å². The Kier molecular flexibility index (Phi) is 1.19. The van der Waals surface area contributed by atoms with Gasteiger partial charge in [0.05, 0.1) is 0 Å². The smallest absolute Gasteiger partial charge is 0.113 e. The van der Waals surface area contributed by atoms with E-state index in [1.807, 2.05) is 12.1 Å². The van der Waals surface area contributed by atoms with Gasteiger partial charge in [0.15, 0.2) is 0 Å². The fraction of sp³-hybridized carbons (Fsp3) is 0.250. The first-order valence-corrected chi connectivity index (χ1v) is 3.48. The van der Waals surface area contributed by atoms with Gasteiger partial charge < -0.3 is 5.32 Å². The molecule has 2 heteroatoms. The second-order valence-electron chi connectivity index (χ2n) is 2.59. The Balaban J connectivity index is 2.52. The lowest BCUT2D eigenvalue weighted by Crippen LogP contribution is -2.01. The first kappa shape index (κ1) is 5.84. The van der Waals surface area contributed by atoms with Gasteiger partial charge in [-0.3, -0.25) is 0 Å². The van der Waals surface area contributed by atoms with Crippen molar-refractivity contribution in [1.29, 1.82) is 0 Å². The molecule has 1 nitrogen and oxygen atoms in total. The van der Waals surface area contributed by atoms with E-state index in [0.717, 1.165) is 18.4 Å². The Morgan fingerprint density at radius 1 is 1.40 bits per heavy atom. The zero-order valence-corrected chi connectivity index (χ0v) is 5.72. The maximum Gasteiger partial charge on any atom is 0.113 e. The second-order valence-corrected chi connectivity index (χ2v) is 2.59. The van der Waals surface area contributed by atoms with Crippen molar-refractivity contribution in [2.75, 3.05) is 11.9 Å². The number of fused-ring (bicyclic) bond motifs is 1. The van der Waals surface area contributed by atoms with Gasteiger partial charge in [0, 0.05) is 12.2 Å². The lowest BCUT2D eigenvalue weighted by molar-refractivity contribution is 1.11. The van der Waals surface area contributed by atoms with Crippen LogP contribution in [0.15, 0.2) is 18.2 Å². The summed E-state index contributed by atoms with van der Waals surface area (Å²) in [7, 11) is 5.59. The SMILES string of the molecule is [B]c1ccc2c(c1)NCC2. The summed E-state index contributed by atoms with van der Waals surface area (Å²) in [5.74, 6) is 0. The van der Waals surface area contributed by atoms with E-state index in [4.69, 9.17) is 7.85 Å². The third-order valence-electron chi connectivity index (χ3n) is 1.84. The van der Waals surface area contributed by atoms with Crippen molar-refractivity contribution >= 4 is 19.0 Å². The zero-order chi connectivity index (χ0) is 6.97. The van der Waals surface area contributed by atoms with Gasteiger partial charge >= 0.3 is 0 Å². The molecule has 1 N–H and O–H groups in total. The number of benzene rings is 1. The molecular formula is C8H8BN. The minimum Gasteiger partial charge on any atom is -0.385 e. The number of hydrogen-bond donors (Lipinski definition) is 1. The van der Waals surface area contributed by atoms with Gasteiger partial charge in [-0.2, -0.15) is 0 Å². The van der Waals surface area contributed by atoms with E-state index in [1.54, 1.807) is 0 Å². The minimum absolute atomic E-state index is 0.841. The van der Waals surface area contributed by atoms with E-state index in [0.29, 0.717) is 0 Å². The van der Waals surface area contributed by atoms with Crippen molar-refractivity contribution < 1.29 is 0 Å². The molecule has 0 unspecified atom stereocenters. The molecule has 0 bridgehead atoms. The number of hydrogen-bond acceptors (Lipinski definition) is 1. The van der Waals surface area contributed by atoms with Gasteiger partial charge in [-0.15, -0.1) is 0 Å². The molecule has 0 amide bonds. The Labute approximate surface area is 61.9 Å². The molecule has 0 spiro atoms. The highest BCUT2D eigenvalue weighted by Gasteiger charge is 2.07. The molecule has 0 fully saturated rings. The van der Waals surface area contributed by atoms with Crippen LogP contribution in [0.25, 0.3) is 0 Å². The Morgan fingerprint density at radius 3 is 3.20 bits per heavy atom. The molecular weight excluding hydrogens is 121 g/mol. The highest BCUT2D eigenvalue weighted by molar-refractivity contribution is 6.32. The summed E-state index contributed by atoms with van der Waals surface area (Å²) in [5, 5.41) is 3.26. The van der Waals surface area contributed by atoms with Crippen LogP contribution in [0.2, 0.25) is 0 Å². The maximum absolute atomic E-state index is 5.59. The Morgan fingerprint density at radius 2 is 2.30 bits per heavy atom. The molecule has 1 aliphatic rings. The van der Waals surface area contributed by atoms with Crippen LogP contribution in [0.3, 0.4) is 0 Å². The molecule has 1 aromatic carbocycles. The molecule has 0 saturated heterocycles. The van der Waals surface area contributed by atoms with Crippen molar-refractivity contribution in [2.24, 2.45) is 0 Å². The Bertz CT molecular complexity index is 257. The number of anilines is 1. The lowest BCUT2D eigenvalue weighted by atomic mass is 9.94. The first-order chi connectivity index (χ1) is 4.86. The predicted molar refractivity (Wildman–Crippen MR) is 44.0 cm³/mol. The third-order valence-corrected chi connectivity index (χ3v) is 1.84. The van der Waals surface area contributed by atoms with Gasteiger partial charge in [-0.25, -0.2) is 0 Å². The largest absolute Gasteiger partial charge is 0.385 e. The van der Waals surface area contributed by atoms with Crippen LogP contribution >= 0.6 is 0 Å². The summed E-state index contributed by atoms with van der Waals surface area (Å²) in [6.45, 7) is 1.05. The molecule has 1 aromatic rings. The highest BCUT2D eigenvalue weighted by atomic mass is 14.9. The highest BCUT2D eigenvalue weighted by Crippen LogP contribution is 2.18. The number of rotatable bonds is 0. The molecule has 48 valence electrons. The average molecular weight is 129 g/mol. The standard InChI is InChI=1S/C8H8BN/c9-7-2-1-6-3-4-10-8(6)5-7/h1-2,5,10H,3-4H2. The molecule has 0 aromatic heterocycles. The van der Waals surface area contributed by atoms with Gasteiger partial charge in [0.2, 0.25) is 0 Å². The fourth-order valence-electron chi connectivity index (χ4n) is 1.31. The lowest BCUT2D eigenvalue weighted by Gasteiger charge is -1.99. The Hall–Kier alpha value is -0.915. The summed E-state index contributed by atoms with van der Waals surface area (Å²) in [4.78, 5) is 0. The number of nitrogens with one attached hydrogen (secondary N) is 1.